The Hall–Kier alpha value is -3.75. The molecule has 0 unspecified atom stereocenters. The van der Waals surface area contributed by atoms with Crippen LogP contribution in [0.3, 0.4) is 0 Å². The van der Waals surface area contributed by atoms with Crippen molar-refractivity contribution in [3.05, 3.63) is 46.5 Å². The van der Waals surface area contributed by atoms with E-state index in [1.54, 1.807) is 13.0 Å². The number of aromatic nitrogens is 2. The quantitative estimate of drug-likeness (QED) is 0.681. The molecule has 0 fully saturated rings. The van der Waals surface area contributed by atoms with Crippen molar-refractivity contribution in [1.82, 2.24) is 20.0 Å². The van der Waals surface area contributed by atoms with Crippen molar-refractivity contribution >= 4 is 17.8 Å². The molecule has 0 bridgehead atoms. The first-order chi connectivity index (χ1) is 16.6. The number of fused-ring (bicyclic) bond motifs is 3. The highest BCUT2D eigenvalue weighted by Crippen LogP contribution is 2.42. The van der Waals surface area contributed by atoms with Crippen molar-refractivity contribution in [1.29, 1.82) is 5.26 Å². The van der Waals surface area contributed by atoms with E-state index in [4.69, 9.17) is 5.26 Å². The van der Waals surface area contributed by atoms with E-state index in [1.807, 2.05) is 0 Å². The number of halogens is 3. The molecule has 12 heteroatoms. The Morgan fingerprint density at radius 1 is 1.37 bits per heavy atom. The third-order valence-corrected chi connectivity index (χ3v) is 6.45. The lowest BCUT2D eigenvalue weighted by Crippen LogP contribution is -2.45. The van der Waals surface area contributed by atoms with Gasteiger partial charge in [0.05, 0.1) is 24.9 Å². The first-order valence-corrected chi connectivity index (χ1v) is 11.2. The summed E-state index contributed by atoms with van der Waals surface area (Å²) in [5.41, 5.74) is 0.653. The number of methoxy groups -OCH3 is 1. The van der Waals surface area contributed by atoms with Gasteiger partial charge in [0.1, 0.15) is 17.6 Å². The van der Waals surface area contributed by atoms with Gasteiger partial charge in [0.2, 0.25) is 0 Å². The predicted molar refractivity (Wildman–Crippen MR) is 118 cm³/mol. The van der Waals surface area contributed by atoms with E-state index in [0.717, 1.165) is 6.07 Å². The van der Waals surface area contributed by atoms with Crippen molar-refractivity contribution in [2.24, 2.45) is 5.92 Å². The molecule has 186 valence electrons. The van der Waals surface area contributed by atoms with Crippen molar-refractivity contribution < 1.29 is 27.5 Å². The van der Waals surface area contributed by atoms with Crippen LogP contribution in [0.4, 0.5) is 28.4 Å². The van der Waals surface area contributed by atoms with Crippen LogP contribution in [0.5, 0.6) is 0 Å². The molecule has 2 aliphatic rings. The first kappa shape index (κ1) is 24.4. The topological polar surface area (TPSA) is 112 Å². The Bertz CT molecular complexity index is 1190. The van der Waals surface area contributed by atoms with E-state index >= 15 is 8.78 Å². The number of urea groups is 1. The molecule has 0 aliphatic carbocycles. The summed E-state index contributed by atoms with van der Waals surface area (Å²) in [6.07, 6.45) is -0.565. The molecule has 0 radical (unpaired) electrons. The van der Waals surface area contributed by atoms with E-state index in [2.05, 4.69) is 20.5 Å². The summed E-state index contributed by atoms with van der Waals surface area (Å²) in [5.74, 6) is -4.11. The summed E-state index contributed by atoms with van der Waals surface area (Å²) in [4.78, 5) is 25.8. The Kier molecular flexibility index (Phi) is 6.60. The number of alkyl halides is 2. The predicted octanol–water partition coefficient (Wildman–Crippen LogP) is 3.73. The number of nitrogens with one attached hydrogen (secondary N) is 2. The van der Waals surface area contributed by atoms with Gasteiger partial charge in [-0.05, 0) is 37.5 Å². The van der Waals surface area contributed by atoms with Gasteiger partial charge < -0.3 is 20.3 Å². The molecule has 3 amide bonds. The van der Waals surface area contributed by atoms with Gasteiger partial charge in [-0.25, -0.2) is 14.0 Å². The van der Waals surface area contributed by atoms with Crippen LogP contribution in [0.25, 0.3) is 0 Å². The highest BCUT2D eigenvalue weighted by molar-refractivity contribution is 5.90. The summed E-state index contributed by atoms with van der Waals surface area (Å²) in [5, 5.41) is 18.7. The second-order valence-corrected chi connectivity index (χ2v) is 8.86. The van der Waals surface area contributed by atoms with Gasteiger partial charge in [-0.3, -0.25) is 4.68 Å². The Labute approximate surface area is 199 Å². The van der Waals surface area contributed by atoms with Crippen LogP contribution in [-0.4, -0.2) is 46.5 Å². The fourth-order valence-electron chi connectivity index (χ4n) is 4.60. The molecule has 4 rings (SSSR count). The second-order valence-electron chi connectivity index (χ2n) is 8.86. The highest BCUT2D eigenvalue weighted by Gasteiger charge is 2.44. The SMILES string of the molecule is COC(=O)NC[C@@H]1CCC(F)(F)c2c3c(nn2C1)C[C@@H](C)N(C(=O)Nc1ccc(F)c(C#N)c1)C3. The fraction of sp³-hybridized carbons (Fsp3) is 0.478. The Balaban J connectivity index is 1.56. The van der Waals surface area contributed by atoms with Crippen molar-refractivity contribution in [2.75, 3.05) is 19.0 Å². The van der Waals surface area contributed by atoms with E-state index < -0.39 is 30.3 Å². The van der Waals surface area contributed by atoms with Gasteiger partial charge >= 0.3 is 12.1 Å². The molecule has 0 spiro atoms. The number of ether oxygens (including phenoxy) is 1. The molecule has 2 atom stereocenters. The number of alkyl carbamates (subject to hydrolysis) is 1. The van der Waals surface area contributed by atoms with E-state index in [9.17, 15) is 14.0 Å². The van der Waals surface area contributed by atoms with Gasteiger partial charge in [0, 0.05) is 43.2 Å². The summed E-state index contributed by atoms with van der Waals surface area (Å²) in [6.45, 7) is 2.11. The van der Waals surface area contributed by atoms with Gasteiger partial charge in [-0.2, -0.15) is 19.1 Å². The molecule has 9 nitrogen and oxygen atoms in total. The van der Waals surface area contributed by atoms with Crippen LogP contribution < -0.4 is 10.6 Å². The van der Waals surface area contributed by atoms with E-state index in [0.29, 0.717) is 11.3 Å². The molecule has 35 heavy (non-hydrogen) atoms. The minimum atomic E-state index is -3.15. The normalized spacial score (nSPS) is 20.6. The maximum absolute atomic E-state index is 15.3. The summed E-state index contributed by atoms with van der Waals surface area (Å²) in [6, 6.07) is 4.46. The number of hydrogen-bond acceptors (Lipinski definition) is 5. The Morgan fingerprint density at radius 2 is 2.14 bits per heavy atom. The Morgan fingerprint density at radius 3 is 2.86 bits per heavy atom. The molecule has 0 saturated carbocycles. The summed E-state index contributed by atoms with van der Waals surface area (Å²) >= 11 is 0. The average molecular weight is 490 g/mol. The smallest absolute Gasteiger partial charge is 0.406 e. The summed E-state index contributed by atoms with van der Waals surface area (Å²) < 4.78 is 50.0. The monoisotopic (exact) mass is 490 g/mol. The lowest BCUT2D eigenvalue weighted by atomic mass is 9.95. The number of anilines is 1. The van der Waals surface area contributed by atoms with Crippen LogP contribution >= 0.6 is 0 Å². The van der Waals surface area contributed by atoms with Gasteiger partial charge in [0.15, 0.2) is 0 Å². The fourth-order valence-corrected chi connectivity index (χ4v) is 4.60. The van der Waals surface area contributed by atoms with Crippen LogP contribution in [0, 0.1) is 23.1 Å². The minimum absolute atomic E-state index is 0.0648. The van der Waals surface area contributed by atoms with Gasteiger partial charge in [0.25, 0.3) is 5.92 Å². The largest absolute Gasteiger partial charge is 0.453 e. The van der Waals surface area contributed by atoms with Crippen LogP contribution in [0.1, 0.15) is 42.3 Å². The number of amides is 3. The lowest BCUT2D eigenvalue weighted by Gasteiger charge is -2.33. The number of nitrogens with zero attached hydrogens (tertiary/aromatic N) is 4. The van der Waals surface area contributed by atoms with Crippen LogP contribution in [0.2, 0.25) is 0 Å². The maximum atomic E-state index is 15.3. The third kappa shape index (κ3) is 4.89. The number of hydrogen-bond donors (Lipinski definition) is 2. The third-order valence-electron chi connectivity index (χ3n) is 6.45. The molecule has 1 aromatic heterocycles. The standard InChI is InChI=1S/C23H25F3N6O3/c1-13-7-19-17(12-31(13)21(33)29-16-3-4-18(24)15(8-16)9-27)20-23(25,26)6-5-14(11-32(20)30-19)10-28-22(34)35-2/h3-4,8,13-14H,5-7,10-12H2,1-2H3,(H,28,34)(H,29,33)/t13-,14+/m1/s1. The maximum Gasteiger partial charge on any atom is 0.406 e. The molecule has 2 aliphatic heterocycles. The van der Waals surface area contributed by atoms with Crippen LogP contribution in [-0.2, 0) is 30.2 Å². The van der Waals surface area contributed by atoms with Crippen molar-refractivity contribution in [3.8, 4) is 6.07 Å². The lowest BCUT2D eigenvalue weighted by molar-refractivity contribution is -0.0219. The minimum Gasteiger partial charge on any atom is -0.453 e. The molecule has 1 aromatic carbocycles. The number of carbonyl (C=O) groups excluding carboxylic acids is 2. The average Bonchev–Trinajstić information content (AvgIpc) is 3.12. The number of rotatable bonds is 3. The molecule has 0 saturated heterocycles. The number of carbonyl (C=O) groups is 2. The van der Waals surface area contributed by atoms with Crippen molar-refractivity contribution in [2.45, 2.75) is 51.2 Å². The second kappa shape index (κ2) is 9.48. The molecule has 2 aromatic rings. The molecule has 3 heterocycles. The zero-order valence-corrected chi connectivity index (χ0v) is 19.3. The first-order valence-electron chi connectivity index (χ1n) is 11.2. The number of nitriles is 1. The van der Waals surface area contributed by atoms with Gasteiger partial charge in [-0.15, -0.1) is 0 Å². The van der Waals surface area contributed by atoms with E-state index in [-0.39, 0.29) is 61.4 Å². The zero-order valence-electron chi connectivity index (χ0n) is 19.3. The summed E-state index contributed by atoms with van der Waals surface area (Å²) in [7, 11) is 1.23. The molecule has 2 N–H and O–H groups in total. The zero-order chi connectivity index (χ0) is 25.3. The van der Waals surface area contributed by atoms with Crippen molar-refractivity contribution in [3.63, 3.8) is 0 Å². The number of benzene rings is 1. The van der Waals surface area contributed by atoms with Gasteiger partial charge in [-0.1, -0.05) is 0 Å². The van der Waals surface area contributed by atoms with E-state index in [1.165, 1.54) is 28.8 Å². The highest BCUT2D eigenvalue weighted by atomic mass is 19.3. The molecular formula is C23H25F3N6O3. The van der Waals surface area contributed by atoms with Crippen LogP contribution in [0.15, 0.2) is 18.2 Å². The molecular weight excluding hydrogens is 465 g/mol.